The summed E-state index contributed by atoms with van der Waals surface area (Å²) in [4.78, 5) is 23.7. The summed E-state index contributed by atoms with van der Waals surface area (Å²) in [5.41, 5.74) is 1.79. The lowest BCUT2D eigenvalue weighted by Crippen LogP contribution is -2.35. The monoisotopic (exact) mass is 314 g/mol. The summed E-state index contributed by atoms with van der Waals surface area (Å²) in [6.07, 6.45) is 0. The number of amides is 2. The highest BCUT2D eigenvalue weighted by Gasteiger charge is 2.15. The number of benzene rings is 2. The number of aryl methyl sites for hydroxylation is 1. The third-order valence-electron chi connectivity index (χ3n) is 3.24. The van der Waals surface area contributed by atoms with Crippen molar-refractivity contribution in [3.8, 4) is 11.5 Å². The van der Waals surface area contributed by atoms with Gasteiger partial charge in [-0.3, -0.25) is 9.59 Å². The number of carbonyl (C=O) groups excluding carboxylic acids is 2. The van der Waals surface area contributed by atoms with Crippen molar-refractivity contribution in [3.05, 3.63) is 53.6 Å². The Labute approximate surface area is 134 Å². The van der Waals surface area contributed by atoms with E-state index < -0.39 is 11.8 Å². The van der Waals surface area contributed by atoms with Gasteiger partial charge in [0.1, 0.15) is 11.5 Å². The zero-order valence-electron chi connectivity index (χ0n) is 12.9. The maximum atomic E-state index is 11.9. The predicted octanol–water partition coefficient (Wildman–Crippen LogP) is 1.96. The first-order valence-electron chi connectivity index (χ1n) is 7.02. The van der Waals surface area contributed by atoms with Crippen LogP contribution in [0, 0.1) is 6.92 Å². The Morgan fingerprint density at radius 3 is 2.57 bits per heavy atom. The van der Waals surface area contributed by atoms with Crippen molar-refractivity contribution in [3.63, 3.8) is 0 Å². The van der Waals surface area contributed by atoms with Gasteiger partial charge in [-0.25, -0.2) is 0 Å². The summed E-state index contributed by atoms with van der Waals surface area (Å²) in [6.45, 7) is 1.97. The molecule has 0 aromatic heterocycles. The van der Waals surface area contributed by atoms with Gasteiger partial charge in [0.25, 0.3) is 0 Å². The molecular formula is C17H18N2O4. The number of aromatic hydroxyl groups is 1. The van der Waals surface area contributed by atoms with Gasteiger partial charge in [-0.1, -0.05) is 24.3 Å². The second-order valence-electron chi connectivity index (χ2n) is 4.97. The van der Waals surface area contributed by atoms with Crippen molar-refractivity contribution in [1.82, 2.24) is 5.32 Å². The van der Waals surface area contributed by atoms with Crippen LogP contribution in [0.15, 0.2) is 42.5 Å². The van der Waals surface area contributed by atoms with Crippen LogP contribution < -0.4 is 15.4 Å². The third kappa shape index (κ3) is 4.23. The normalized spacial score (nSPS) is 10.0. The fraction of sp³-hybridized carbons (Fsp3) is 0.176. The van der Waals surface area contributed by atoms with E-state index >= 15 is 0 Å². The van der Waals surface area contributed by atoms with Crippen LogP contribution in [0.1, 0.15) is 11.1 Å². The van der Waals surface area contributed by atoms with E-state index in [4.69, 9.17) is 4.74 Å². The number of nitrogens with one attached hydrogen (secondary N) is 2. The van der Waals surface area contributed by atoms with E-state index in [1.165, 1.54) is 19.2 Å². The fourth-order valence-corrected chi connectivity index (χ4v) is 2.03. The number of anilines is 1. The Morgan fingerprint density at radius 1 is 1.13 bits per heavy atom. The maximum Gasteiger partial charge on any atom is 0.313 e. The molecule has 0 radical (unpaired) electrons. The van der Waals surface area contributed by atoms with E-state index in [2.05, 4.69) is 10.6 Å². The van der Waals surface area contributed by atoms with Crippen molar-refractivity contribution >= 4 is 17.5 Å². The summed E-state index contributed by atoms with van der Waals surface area (Å²) in [5, 5.41) is 14.6. The lowest BCUT2D eigenvalue weighted by molar-refractivity contribution is -0.136. The SMILES string of the molecule is COc1ccccc1CNC(=O)C(=O)Nc1ccc(C)cc1O. The average Bonchev–Trinajstić information content (AvgIpc) is 2.55. The number of rotatable bonds is 4. The minimum atomic E-state index is -0.848. The number of carbonyl (C=O) groups is 2. The standard InChI is InChI=1S/C17H18N2O4/c1-11-7-8-13(14(20)9-11)19-17(22)16(21)18-10-12-5-3-4-6-15(12)23-2/h3-9,20H,10H2,1-2H3,(H,18,21)(H,19,22). The summed E-state index contributed by atoms with van der Waals surface area (Å²) < 4.78 is 5.18. The van der Waals surface area contributed by atoms with E-state index in [0.717, 1.165) is 11.1 Å². The lowest BCUT2D eigenvalue weighted by Gasteiger charge is -2.10. The lowest BCUT2D eigenvalue weighted by atomic mass is 10.2. The molecule has 0 spiro atoms. The molecule has 6 heteroatoms. The van der Waals surface area contributed by atoms with Gasteiger partial charge in [-0.2, -0.15) is 0 Å². The first-order chi connectivity index (χ1) is 11.0. The molecule has 0 bridgehead atoms. The number of para-hydroxylation sites is 1. The van der Waals surface area contributed by atoms with Crippen molar-refractivity contribution in [2.45, 2.75) is 13.5 Å². The van der Waals surface area contributed by atoms with Crippen molar-refractivity contribution in [1.29, 1.82) is 0 Å². The van der Waals surface area contributed by atoms with Gasteiger partial charge in [0, 0.05) is 12.1 Å². The van der Waals surface area contributed by atoms with Crippen molar-refractivity contribution in [2.75, 3.05) is 12.4 Å². The Bertz CT molecular complexity index is 728. The number of hydrogen-bond acceptors (Lipinski definition) is 4. The highest BCUT2D eigenvalue weighted by atomic mass is 16.5. The molecule has 2 aromatic carbocycles. The first kappa shape index (κ1) is 16.4. The van der Waals surface area contributed by atoms with Crippen LogP contribution in [0.25, 0.3) is 0 Å². The topological polar surface area (TPSA) is 87.7 Å². The minimum Gasteiger partial charge on any atom is -0.506 e. The second kappa shape index (κ2) is 7.31. The summed E-state index contributed by atoms with van der Waals surface area (Å²) in [5.74, 6) is -1.10. The summed E-state index contributed by atoms with van der Waals surface area (Å²) >= 11 is 0. The molecule has 120 valence electrons. The quantitative estimate of drug-likeness (QED) is 0.595. The molecule has 2 rings (SSSR count). The summed E-state index contributed by atoms with van der Waals surface area (Å²) in [6, 6.07) is 12.0. The molecule has 0 saturated carbocycles. The molecule has 0 saturated heterocycles. The van der Waals surface area contributed by atoms with Gasteiger partial charge in [0.15, 0.2) is 0 Å². The smallest absolute Gasteiger partial charge is 0.313 e. The molecule has 0 aliphatic carbocycles. The third-order valence-corrected chi connectivity index (χ3v) is 3.24. The van der Waals surface area contributed by atoms with E-state index in [-0.39, 0.29) is 18.0 Å². The van der Waals surface area contributed by atoms with Gasteiger partial charge in [0.05, 0.1) is 12.8 Å². The highest BCUT2D eigenvalue weighted by molar-refractivity contribution is 6.39. The molecule has 0 heterocycles. The molecule has 0 aliphatic heterocycles. The minimum absolute atomic E-state index is 0.0871. The maximum absolute atomic E-state index is 11.9. The predicted molar refractivity (Wildman–Crippen MR) is 86.3 cm³/mol. The summed E-state index contributed by atoms with van der Waals surface area (Å²) in [7, 11) is 1.54. The zero-order valence-corrected chi connectivity index (χ0v) is 12.9. The Morgan fingerprint density at radius 2 is 1.87 bits per heavy atom. The Kier molecular flexibility index (Phi) is 5.19. The number of methoxy groups -OCH3 is 1. The van der Waals surface area contributed by atoms with Crippen molar-refractivity contribution < 1.29 is 19.4 Å². The van der Waals surface area contributed by atoms with Gasteiger partial charge < -0.3 is 20.5 Å². The number of phenols is 1. The van der Waals surface area contributed by atoms with Crippen LogP contribution in [-0.2, 0) is 16.1 Å². The first-order valence-corrected chi connectivity index (χ1v) is 7.02. The zero-order chi connectivity index (χ0) is 16.8. The molecule has 23 heavy (non-hydrogen) atoms. The highest BCUT2D eigenvalue weighted by Crippen LogP contribution is 2.23. The van der Waals surface area contributed by atoms with E-state index in [1.807, 2.05) is 19.1 Å². The molecule has 0 atom stereocenters. The van der Waals surface area contributed by atoms with Gasteiger partial charge in [0.2, 0.25) is 0 Å². The van der Waals surface area contributed by atoms with Gasteiger partial charge in [-0.15, -0.1) is 0 Å². The molecule has 2 aromatic rings. The van der Waals surface area contributed by atoms with Gasteiger partial charge in [-0.05, 0) is 30.7 Å². The average molecular weight is 314 g/mol. The molecule has 0 aliphatic rings. The number of ether oxygens (including phenoxy) is 1. The number of hydrogen-bond donors (Lipinski definition) is 3. The van der Waals surface area contributed by atoms with Crippen LogP contribution in [0.5, 0.6) is 11.5 Å². The largest absolute Gasteiger partial charge is 0.506 e. The van der Waals surface area contributed by atoms with E-state index in [9.17, 15) is 14.7 Å². The Balaban J connectivity index is 1.96. The van der Waals surface area contributed by atoms with Crippen LogP contribution >= 0.6 is 0 Å². The molecule has 6 nitrogen and oxygen atoms in total. The number of phenolic OH excluding ortho intramolecular Hbond substituents is 1. The van der Waals surface area contributed by atoms with E-state index in [1.54, 1.807) is 18.2 Å². The molecule has 2 amide bonds. The molecule has 0 fully saturated rings. The van der Waals surface area contributed by atoms with Crippen LogP contribution in [0.2, 0.25) is 0 Å². The van der Waals surface area contributed by atoms with Crippen LogP contribution in [0.4, 0.5) is 5.69 Å². The van der Waals surface area contributed by atoms with Crippen molar-refractivity contribution in [2.24, 2.45) is 0 Å². The Hall–Kier alpha value is -3.02. The fourth-order valence-electron chi connectivity index (χ4n) is 2.03. The van der Waals surface area contributed by atoms with Crippen LogP contribution in [0.3, 0.4) is 0 Å². The van der Waals surface area contributed by atoms with E-state index in [0.29, 0.717) is 5.75 Å². The molecule has 0 unspecified atom stereocenters. The van der Waals surface area contributed by atoms with Crippen LogP contribution in [-0.4, -0.2) is 24.0 Å². The molecular weight excluding hydrogens is 296 g/mol. The van der Waals surface area contributed by atoms with Gasteiger partial charge >= 0.3 is 11.8 Å². The molecule has 3 N–H and O–H groups in total. The second-order valence-corrected chi connectivity index (χ2v) is 4.97.